The van der Waals surface area contributed by atoms with E-state index in [1.165, 1.54) is 0 Å². The van der Waals surface area contributed by atoms with Gasteiger partial charge in [-0.25, -0.2) is 4.68 Å². The third-order valence-corrected chi connectivity index (χ3v) is 4.48. The molecule has 1 atom stereocenters. The van der Waals surface area contributed by atoms with E-state index in [4.69, 9.17) is 4.74 Å². The van der Waals surface area contributed by atoms with Crippen LogP contribution >= 0.6 is 15.9 Å². The molecule has 2 aromatic carbocycles. The van der Waals surface area contributed by atoms with Gasteiger partial charge < -0.3 is 10.1 Å². The summed E-state index contributed by atoms with van der Waals surface area (Å²) in [6.07, 6.45) is 3.29. The molecule has 6 heteroatoms. The van der Waals surface area contributed by atoms with Gasteiger partial charge in [0.25, 0.3) is 5.91 Å². The summed E-state index contributed by atoms with van der Waals surface area (Å²) in [4.78, 5) is 12.5. The second-order valence-electron chi connectivity index (χ2n) is 5.85. The fourth-order valence-electron chi connectivity index (χ4n) is 2.58. The van der Waals surface area contributed by atoms with Crippen molar-refractivity contribution in [1.82, 2.24) is 15.1 Å². The molecule has 0 aliphatic heterocycles. The molecule has 5 nitrogen and oxygen atoms in total. The van der Waals surface area contributed by atoms with Crippen LogP contribution in [0.15, 0.2) is 65.4 Å². The molecule has 26 heavy (non-hydrogen) atoms. The molecule has 0 aliphatic rings. The quantitative estimate of drug-likeness (QED) is 0.645. The minimum absolute atomic E-state index is 0.140. The Hall–Kier alpha value is -2.60. The summed E-state index contributed by atoms with van der Waals surface area (Å²) in [5, 5.41) is 7.28. The first-order valence-electron chi connectivity index (χ1n) is 8.41. The average Bonchev–Trinajstić information content (AvgIpc) is 3.13. The molecule has 0 fully saturated rings. The van der Waals surface area contributed by atoms with Gasteiger partial charge in [0.1, 0.15) is 5.75 Å². The van der Waals surface area contributed by atoms with E-state index in [0.29, 0.717) is 12.2 Å². The Kier molecular flexibility index (Phi) is 5.73. The van der Waals surface area contributed by atoms with Crippen LogP contribution in [0.2, 0.25) is 0 Å². The molecule has 1 heterocycles. The molecule has 0 saturated carbocycles. The maximum absolute atomic E-state index is 12.5. The summed E-state index contributed by atoms with van der Waals surface area (Å²) >= 11 is 3.41. The van der Waals surface area contributed by atoms with Gasteiger partial charge in [0.2, 0.25) is 0 Å². The molecule has 0 bridgehead atoms. The van der Waals surface area contributed by atoms with Gasteiger partial charge in [-0.2, -0.15) is 5.10 Å². The van der Waals surface area contributed by atoms with Gasteiger partial charge in [0, 0.05) is 10.7 Å². The zero-order valence-electron chi connectivity index (χ0n) is 14.6. The van der Waals surface area contributed by atoms with Gasteiger partial charge in [0.05, 0.1) is 30.1 Å². The fraction of sp³-hybridized carbons (Fsp3) is 0.200. The second kappa shape index (κ2) is 8.19. The predicted octanol–water partition coefficient (Wildman–Crippen LogP) is 4.52. The lowest BCUT2D eigenvalue weighted by Gasteiger charge is -2.15. The van der Waals surface area contributed by atoms with Crippen LogP contribution in [-0.2, 0) is 0 Å². The Balaban J connectivity index is 1.70. The third-order valence-electron chi connectivity index (χ3n) is 3.95. The molecule has 1 N–H and O–H groups in total. The number of rotatable bonds is 6. The molecule has 134 valence electrons. The van der Waals surface area contributed by atoms with Crippen LogP contribution in [0, 0.1) is 0 Å². The van der Waals surface area contributed by atoms with Gasteiger partial charge in [-0.15, -0.1) is 0 Å². The largest absolute Gasteiger partial charge is 0.494 e. The monoisotopic (exact) mass is 413 g/mol. The van der Waals surface area contributed by atoms with Crippen LogP contribution in [0.4, 0.5) is 0 Å². The number of aromatic nitrogens is 2. The van der Waals surface area contributed by atoms with Crippen LogP contribution in [0.3, 0.4) is 0 Å². The minimum atomic E-state index is -0.164. The Morgan fingerprint density at radius 3 is 2.77 bits per heavy atom. The second-order valence-corrected chi connectivity index (χ2v) is 6.77. The van der Waals surface area contributed by atoms with Crippen LogP contribution in [0.5, 0.6) is 5.75 Å². The number of nitrogens with zero attached hydrogens (tertiary/aromatic N) is 2. The molecule has 3 rings (SSSR count). The lowest BCUT2D eigenvalue weighted by Crippen LogP contribution is -2.26. The summed E-state index contributed by atoms with van der Waals surface area (Å²) in [6.45, 7) is 4.50. The van der Waals surface area contributed by atoms with Crippen molar-refractivity contribution < 1.29 is 9.53 Å². The molecular weight excluding hydrogens is 394 g/mol. The normalized spacial score (nSPS) is 11.8. The van der Waals surface area contributed by atoms with Crippen LogP contribution in [0.1, 0.15) is 35.8 Å². The minimum Gasteiger partial charge on any atom is -0.494 e. The third kappa shape index (κ3) is 4.32. The summed E-state index contributed by atoms with van der Waals surface area (Å²) in [6, 6.07) is 15.3. The summed E-state index contributed by atoms with van der Waals surface area (Å²) in [5.74, 6) is 0.636. The molecule has 1 amide bonds. The van der Waals surface area contributed by atoms with Crippen molar-refractivity contribution in [3.8, 4) is 11.4 Å². The number of carbonyl (C=O) groups excluding carboxylic acids is 1. The maximum Gasteiger partial charge on any atom is 0.254 e. The maximum atomic E-state index is 12.5. The zero-order chi connectivity index (χ0) is 18.5. The molecule has 1 unspecified atom stereocenters. The number of carbonyl (C=O) groups is 1. The molecule has 3 aromatic rings. The van der Waals surface area contributed by atoms with Gasteiger partial charge in [-0.1, -0.05) is 28.1 Å². The van der Waals surface area contributed by atoms with E-state index in [-0.39, 0.29) is 11.9 Å². The highest BCUT2D eigenvalue weighted by molar-refractivity contribution is 9.10. The Bertz CT molecular complexity index is 890. The topological polar surface area (TPSA) is 56.1 Å². The lowest BCUT2D eigenvalue weighted by molar-refractivity contribution is 0.0940. The van der Waals surface area contributed by atoms with E-state index in [1.807, 2.05) is 62.4 Å². The van der Waals surface area contributed by atoms with Crippen molar-refractivity contribution in [3.63, 3.8) is 0 Å². The molecule has 0 aliphatic carbocycles. The highest BCUT2D eigenvalue weighted by Gasteiger charge is 2.14. The number of ether oxygens (including phenoxy) is 1. The van der Waals surface area contributed by atoms with E-state index in [1.54, 1.807) is 17.1 Å². The van der Waals surface area contributed by atoms with Crippen LogP contribution in [-0.4, -0.2) is 22.3 Å². The standard InChI is InChI=1S/C20H20BrN3O2/c1-3-26-19-6-4-5-15(11-19)14(2)23-20(25)16-12-22-24(13-16)18-9-7-17(21)8-10-18/h4-14H,3H2,1-2H3,(H,23,25). The van der Waals surface area contributed by atoms with Crippen molar-refractivity contribution in [3.05, 3.63) is 76.5 Å². The smallest absolute Gasteiger partial charge is 0.254 e. The summed E-state index contributed by atoms with van der Waals surface area (Å²) in [5.41, 5.74) is 2.40. The molecule has 0 saturated heterocycles. The van der Waals surface area contributed by atoms with Crippen molar-refractivity contribution in [2.45, 2.75) is 19.9 Å². The molecule has 0 spiro atoms. The number of hydrogen-bond acceptors (Lipinski definition) is 3. The van der Waals surface area contributed by atoms with Crippen molar-refractivity contribution in [2.24, 2.45) is 0 Å². The van der Waals surface area contributed by atoms with Gasteiger partial charge in [0.15, 0.2) is 0 Å². The van der Waals surface area contributed by atoms with E-state index >= 15 is 0 Å². The molecule has 1 aromatic heterocycles. The van der Waals surface area contributed by atoms with E-state index < -0.39 is 0 Å². The SMILES string of the molecule is CCOc1cccc(C(C)NC(=O)c2cnn(-c3ccc(Br)cc3)c2)c1. The first kappa shape index (κ1) is 18.2. The van der Waals surface area contributed by atoms with E-state index in [9.17, 15) is 4.79 Å². The van der Waals surface area contributed by atoms with E-state index in [2.05, 4.69) is 26.3 Å². The van der Waals surface area contributed by atoms with Crippen LogP contribution < -0.4 is 10.1 Å². The summed E-state index contributed by atoms with van der Waals surface area (Å²) < 4.78 is 8.19. The van der Waals surface area contributed by atoms with Gasteiger partial charge in [-0.05, 0) is 55.8 Å². The Labute approximate surface area is 161 Å². The molecule has 0 radical (unpaired) electrons. The number of nitrogens with one attached hydrogen (secondary N) is 1. The highest BCUT2D eigenvalue weighted by atomic mass is 79.9. The van der Waals surface area contributed by atoms with Crippen LogP contribution in [0.25, 0.3) is 5.69 Å². The highest BCUT2D eigenvalue weighted by Crippen LogP contribution is 2.20. The number of hydrogen-bond donors (Lipinski definition) is 1. The van der Waals surface area contributed by atoms with E-state index in [0.717, 1.165) is 21.5 Å². The Morgan fingerprint density at radius 1 is 1.27 bits per heavy atom. The zero-order valence-corrected chi connectivity index (χ0v) is 16.2. The average molecular weight is 414 g/mol. The van der Waals surface area contributed by atoms with Gasteiger partial charge in [-0.3, -0.25) is 4.79 Å². The first-order valence-corrected chi connectivity index (χ1v) is 9.20. The fourth-order valence-corrected chi connectivity index (χ4v) is 2.84. The van der Waals surface area contributed by atoms with Gasteiger partial charge >= 0.3 is 0 Å². The van der Waals surface area contributed by atoms with Crippen molar-refractivity contribution >= 4 is 21.8 Å². The predicted molar refractivity (Wildman–Crippen MR) is 105 cm³/mol. The Morgan fingerprint density at radius 2 is 2.04 bits per heavy atom. The number of halogens is 1. The van der Waals surface area contributed by atoms with Crippen molar-refractivity contribution in [1.29, 1.82) is 0 Å². The first-order chi connectivity index (χ1) is 12.6. The number of benzene rings is 2. The summed E-state index contributed by atoms with van der Waals surface area (Å²) in [7, 11) is 0. The molecular formula is C20H20BrN3O2. The number of amides is 1. The lowest BCUT2D eigenvalue weighted by atomic mass is 10.1. The van der Waals surface area contributed by atoms with Crippen molar-refractivity contribution in [2.75, 3.05) is 6.61 Å².